The average molecular weight is 227 g/mol. The molecular weight excluding hydrogens is 212 g/mol. The van der Waals surface area contributed by atoms with Gasteiger partial charge in [-0.2, -0.15) is 0 Å². The lowest BCUT2D eigenvalue weighted by atomic mass is 9.94. The molecule has 1 heterocycles. The molecule has 0 aromatic heterocycles. The fraction of sp³-hybridized carbons (Fsp3) is 0.500. The second kappa shape index (κ2) is 4.37. The third-order valence-electron chi connectivity index (χ3n) is 3.08. The zero-order valence-corrected chi connectivity index (χ0v) is 8.92. The summed E-state index contributed by atoms with van der Waals surface area (Å²) in [5.41, 5.74) is 0.319. The van der Waals surface area contributed by atoms with Crippen LogP contribution in [0.5, 0.6) is 5.75 Å². The summed E-state index contributed by atoms with van der Waals surface area (Å²) in [7, 11) is 0. The molecule has 1 saturated heterocycles. The van der Waals surface area contributed by atoms with E-state index in [2.05, 4.69) is 5.32 Å². The molecule has 1 aliphatic rings. The lowest BCUT2D eigenvalue weighted by molar-refractivity contribution is -0.0503. The first-order valence-electron chi connectivity index (χ1n) is 5.45. The Labute approximate surface area is 93.3 Å². The minimum Gasteiger partial charge on any atom is -0.508 e. The zero-order chi connectivity index (χ0) is 11.6. The van der Waals surface area contributed by atoms with Gasteiger partial charge in [0.1, 0.15) is 5.75 Å². The van der Waals surface area contributed by atoms with Gasteiger partial charge in [-0.05, 0) is 24.6 Å². The van der Waals surface area contributed by atoms with E-state index in [-0.39, 0.29) is 12.2 Å². The highest BCUT2D eigenvalue weighted by Gasteiger charge is 2.41. The molecule has 1 atom stereocenters. The van der Waals surface area contributed by atoms with Gasteiger partial charge in [0.2, 0.25) is 0 Å². The molecule has 2 N–H and O–H groups in total. The summed E-state index contributed by atoms with van der Waals surface area (Å²) in [6.07, 6.45) is 0.118. The SMILES string of the molecule is Oc1ccccc1CC(F)(F)C1CCNC1. The van der Waals surface area contributed by atoms with E-state index in [1.807, 2.05) is 0 Å². The predicted octanol–water partition coefficient (Wildman–Crippen LogP) is 2.18. The van der Waals surface area contributed by atoms with Crippen molar-refractivity contribution >= 4 is 0 Å². The number of halogens is 2. The monoisotopic (exact) mass is 227 g/mol. The molecule has 16 heavy (non-hydrogen) atoms. The maximum absolute atomic E-state index is 13.8. The van der Waals surface area contributed by atoms with Gasteiger partial charge in [-0.1, -0.05) is 18.2 Å². The van der Waals surface area contributed by atoms with E-state index in [0.29, 0.717) is 25.1 Å². The number of phenolic OH excluding ortho intramolecular Hbond substituents is 1. The number of phenols is 1. The number of alkyl halides is 2. The number of rotatable bonds is 3. The predicted molar refractivity (Wildman–Crippen MR) is 57.7 cm³/mol. The molecule has 88 valence electrons. The van der Waals surface area contributed by atoms with Crippen LogP contribution in [0.4, 0.5) is 8.78 Å². The van der Waals surface area contributed by atoms with Crippen molar-refractivity contribution < 1.29 is 13.9 Å². The summed E-state index contributed by atoms with van der Waals surface area (Å²) in [5, 5.41) is 12.4. The number of hydrogen-bond donors (Lipinski definition) is 2. The lowest BCUT2D eigenvalue weighted by Crippen LogP contribution is -2.32. The molecule has 0 aliphatic carbocycles. The third kappa shape index (κ3) is 2.32. The van der Waals surface area contributed by atoms with Crippen molar-refractivity contribution in [2.75, 3.05) is 13.1 Å². The molecule has 0 amide bonds. The van der Waals surface area contributed by atoms with Crippen LogP contribution in [0.2, 0.25) is 0 Å². The lowest BCUT2D eigenvalue weighted by Gasteiger charge is -2.22. The van der Waals surface area contributed by atoms with Crippen LogP contribution in [-0.2, 0) is 6.42 Å². The molecule has 4 heteroatoms. The Morgan fingerprint density at radius 1 is 1.38 bits per heavy atom. The van der Waals surface area contributed by atoms with Crippen LogP contribution in [0.3, 0.4) is 0 Å². The van der Waals surface area contributed by atoms with Crippen LogP contribution >= 0.6 is 0 Å². The first-order chi connectivity index (χ1) is 7.59. The molecule has 1 aromatic rings. The summed E-state index contributed by atoms with van der Waals surface area (Å²) in [6.45, 7) is 1.02. The highest BCUT2D eigenvalue weighted by molar-refractivity contribution is 5.32. The number of aromatic hydroxyl groups is 1. The normalized spacial score (nSPS) is 21.2. The van der Waals surface area contributed by atoms with E-state index >= 15 is 0 Å². The van der Waals surface area contributed by atoms with Crippen LogP contribution in [-0.4, -0.2) is 24.1 Å². The average Bonchev–Trinajstić information content (AvgIpc) is 2.75. The van der Waals surface area contributed by atoms with Crippen molar-refractivity contribution in [3.8, 4) is 5.75 Å². The van der Waals surface area contributed by atoms with Gasteiger partial charge < -0.3 is 10.4 Å². The molecule has 1 unspecified atom stereocenters. The topological polar surface area (TPSA) is 32.3 Å². The van der Waals surface area contributed by atoms with Crippen molar-refractivity contribution in [2.24, 2.45) is 5.92 Å². The van der Waals surface area contributed by atoms with Gasteiger partial charge in [0, 0.05) is 18.9 Å². The van der Waals surface area contributed by atoms with E-state index in [1.165, 1.54) is 6.07 Å². The van der Waals surface area contributed by atoms with E-state index in [0.717, 1.165) is 0 Å². The molecule has 0 bridgehead atoms. The van der Waals surface area contributed by atoms with Crippen molar-refractivity contribution in [3.63, 3.8) is 0 Å². The molecule has 1 fully saturated rings. The van der Waals surface area contributed by atoms with Gasteiger partial charge in [-0.15, -0.1) is 0 Å². The minimum atomic E-state index is -2.75. The van der Waals surface area contributed by atoms with Crippen LogP contribution in [0.15, 0.2) is 24.3 Å². The standard InChI is InChI=1S/C12H15F2NO/c13-12(14,10-5-6-15-8-10)7-9-3-1-2-4-11(9)16/h1-4,10,15-16H,5-8H2. The Hall–Kier alpha value is -1.16. The summed E-state index contributed by atoms with van der Waals surface area (Å²) < 4.78 is 27.7. The minimum absolute atomic E-state index is 0.0480. The Morgan fingerprint density at radius 2 is 2.12 bits per heavy atom. The maximum Gasteiger partial charge on any atom is 0.256 e. The van der Waals surface area contributed by atoms with Gasteiger partial charge in [0.05, 0.1) is 0 Å². The summed E-state index contributed by atoms with van der Waals surface area (Å²) >= 11 is 0. The summed E-state index contributed by atoms with van der Waals surface area (Å²) in [4.78, 5) is 0. The second-order valence-corrected chi connectivity index (χ2v) is 4.26. The Kier molecular flexibility index (Phi) is 3.10. The third-order valence-corrected chi connectivity index (χ3v) is 3.08. The van der Waals surface area contributed by atoms with Gasteiger partial charge >= 0.3 is 0 Å². The van der Waals surface area contributed by atoms with Gasteiger partial charge in [0.25, 0.3) is 5.92 Å². The van der Waals surface area contributed by atoms with Crippen molar-refractivity contribution in [3.05, 3.63) is 29.8 Å². The molecule has 1 aliphatic heterocycles. The van der Waals surface area contributed by atoms with Crippen molar-refractivity contribution in [1.29, 1.82) is 0 Å². The largest absolute Gasteiger partial charge is 0.508 e. The highest BCUT2D eigenvalue weighted by atomic mass is 19.3. The Bertz CT molecular complexity index is 362. The number of para-hydroxylation sites is 1. The molecule has 0 radical (unpaired) electrons. The Morgan fingerprint density at radius 3 is 2.75 bits per heavy atom. The molecular formula is C12H15F2NO. The maximum atomic E-state index is 13.8. The molecule has 2 rings (SSSR count). The number of nitrogens with one attached hydrogen (secondary N) is 1. The van der Waals surface area contributed by atoms with E-state index in [1.54, 1.807) is 18.2 Å². The zero-order valence-electron chi connectivity index (χ0n) is 8.92. The summed E-state index contributed by atoms with van der Waals surface area (Å²) in [5.74, 6) is -3.41. The van der Waals surface area contributed by atoms with Crippen LogP contribution < -0.4 is 5.32 Å². The molecule has 2 nitrogen and oxygen atoms in total. The van der Waals surface area contributed by atoms with Gasteiger partial charge in [0.15, 0.2) is 0 Å². The molecule has 0 saturated carbocycles. The van der Waals surface area contributed by atoms with E-state index in [9.17, 15) is 13.9 Å². The fourth-order valence-corrected chi connectivity index (χ4v) is 2.07. The smallest absolute Gasteiger partial charge is 0.256 e. The highest BCUT2D eigenvalue weighted by Crippen LogP contribution is 2.34. The van der Waals surface area contributed by atoms with Crippen molar-refractivity contribution in [1.82, 2.24) is 5.32 Å². The van der Waals surface area contributed by atoms with Gasteiger partial charge in [-0.3, -0.25) is 0 Å². The second-order valence-electron chi connectivity index (χ2n) is 4.26. The van der Waals surface area contributed by atoms with Crippen molar-refractivity contribution in [2.45, 2.75) is 18.8 Å². The molecule has 0 spiro atoms. The Balaban J connectivity index is 2.10. The molecule has 1 aromatic carbocycles. The quantitative estimate of drug-likeness (QED) is 0.829. The van der Waals surface area contributed by atoms with Gasteiger partial charge in [-0.25, -0.2) is 8.78 Å². The first-order valence-corrected chi connectivity index (χ1v) is 5.45. The van der Waals surface area contributed by atoms with E-state index in [4.69, 9.17) is 0 Å². The number of hydrogen-bond acceptors (Lipinski definition) is 2. The van der Waals surface area contributed by atoms with E-state index < -0.39 is 11.8 Å². The first kappa shape index (κ1) is 11.3. The summed E-state index contributed by atoms with van der Waals surface area (Å²) in [6, 6.07) is 6.29. The van der Waals surface area contributed by atoms with Crippen LogP contribution in [0, 0.1) is 5.92 Å². The van der Waals surface area contributed by atoms with Crippen LogP contribution in [0.1, 0.15) is 12.0 Å². The van der Waals surface area contributed by atoms with Crippen LogP contribution in [0.25, 0.3) is 0 Å². The number of benzene rings is 1. The fourth-order valence-electron chi connectivity index (χ4n) is 2.07.